The minimum atomic E-state index is -3.08. The molecular formula is C13H26N3O3S+. The Morgan fingerprint density at radius 3 is 2.35 bits per heavy atom. The second-order valence-electron chi connectivity index (χ2n) is 5.99. The lowest BCUT2D eigenvalue weighted by Gasteiger charge is -2.31. The minimum Gasteiger partial charge on any atom is -0.348 e. The number of sulfonamides is 1. The largest absolute Gasteiger partial charge is 0.348 e. The Hall–Kier alpha value is -0.660. The molecule has 2 fully saturated rings. The van der Waals surface area contributed by atoms with E-state index in [-0.39, 0.29) is 5.91 Å². The zero-order valence-electron chi connectivity index (χ0n) is 12.2. The summed E-state index contributed by atoms with van der Waals surface area (Å²) < 4.78 is 24.3. The second-order valence-corrected chi connectivity index (χ2v) is 7.97. The predicted octanol–water partition coefficient (Wildman–Crippen LogP) is -1.40. The normalized spacial score (nSPS) is 23.6. The molecule has 0 bridgehead atoms. The van der Waals surface area contributed by atoms with Gasteiger partial charge in [-0.25, -0.2) is 8.42 Å². The zero-order chi connectivity index (χ0) is 14.6. The van der Waals surface area contributed by atoms with Crippen molar-refractivity contribution in [3.8, 4) is 0 Å². The number of hydrogen-bond acceptors (Lipinski definition) is 3. The average Bonchev–Trinajstić information content (AvgIpc) is 2.39. The molecule has 0 aromatic carbocycles. The highest BCUT2D eigenvalue weighted by molar-refractivity contribution is 7.88. The maximum Gasteiger partial charge on any atom is 0.275 e. The van der Waals surface area contributed by atoms with Crippen LogP contribution in [-0.2, 0) is 14.8 Å². The quantitative estimate of drug-likeness (QED) is 0.671. The summed E-state index contributed by atoms with van der Waals surface area (Å²) in [5, 5.41) is 3.12. The lowest BCUT2D eigenvalue weighted by molar-refractivity contribution is -0.895. The number of rotatable bonds is 4. The first-order valence-corrected chi connectivity index (χ1v) is 9.38. The van der Waals surface area contributed by atoms with Crippen molar-refractivity contribution < 1.29 is 18.1 Å². The minimum absolute atomic E-state index is 0.111. The van der Waals surface area contributed by atoms with Crippen LogP contribution in [0.5, 0.6) is 0 Å². The second kappa shape index (κ2) is 6.87. The summed E-state index contributed by atoms with van der Waals surface area (Å²) >= 11 is 0. The lowest BCUT2D eigenvalue weighted by Crippen LogP contribution is -3.15. The first-order chi connectivity index (χ1) is 9.45. The van der Waals surface area contributed by atoms with Gasteiger partial charge in [-0.3, -0.25) is 4.79 Å². The van der Waals surface area contributed by atoms with Gasteiger partial charge in [0.05, 0.1) is 32.4 Å². The van der Waals surface area contributed by atoms with Gasteiger partial charge in [-0.05, 0) is 12.8 Å². The molecule has 2 aliphatic rings. The number of nitrogens with zero attached hydrogens (tertiary/aromatic N) is 1. The Bertz CT molecular complexity index is 424. The van der Waals surface area contributed by atoms with Crippen LogP contribution in [0.4, 0.5) is 0 Å². The maximum absolute atomic E-state index is 12.0. The summed E-state index contributed by atoms with van der Waals surface area (Å²) in [6.07, 6.45) is 7.15. The van der Waals surface area contributed by atoms with Gasteiger partial charge in [-0.15, -0.1) is 0 Å². The average molecular weight is 304 g/mol. The molecule has 2 N–H and O–H groups in total. The van der Waals surface area contributed by atoms with E-state index in [4.69, 9.17) is 0 Å². The monoisotopic (exact) mass is 304 g/mol. The zero-order valence-corrected chi connectivity index (χ0v) is 13.0. The van der Waals surface area contributed by atoms with Gasteiger partial charge >= 0.3 is 0 Å². The summed E-state index contributed by atoms with van der Waals surface area (Å²) in [5.41, 5.74) is 0. The third-order valence-corrected chi connectivity index (χ3v) is 5.58. The fourth-order valence-electron chi connectivity index (χ4n) is 3.06. The molecule has 0 atom stereocenters. The van der Waals surface area contributed by atoms with Crippen LogP contribution in [0.25, 0.3) is 0 Å². The van der Waals surface area contributed by atoms with E-state index >= 15 is 0 Å². The number of carbonyl (C=O) groups is 1. The van der Waals surface area contributed by atoms with Crippen LogP contribution in [0.3, 0.4) is 0 Å². The van der Waals surface area contributed by atoms with E-state index in [0.717, 1.165) is 12.8 Å². The molecule has 6 nitrogen and oxygen atoms in total. The fraction of sp³-hybridized carbons (Fsp3) is 0.923. The van der Waals surface area contributed by atoms with Crippen LogP contribution in [0.15, 0.2) is 0 Å². The Labute approximate surface area is 121 Å². The number of nitrogens with one attached hydrogen (secondary N) is 2. The molecule has 1 amide bonds. The molecule has 0 aromatic rings. The van der Waals surface area contributed by atoms with E-state index in [1.807, 2.05) is 0 Å². The molecule has 7 heteroatoms. The van der Waals surface area contributed by atoms with Gasteiger partial charge < -0.3 is 10.2 Å². The van der Waals surface area contributed by atoms with Crippen molar-refractivity contribution in [2.45, 2.75) is 38.1 Å². The lowest BCUT2D eigenvalue weighted by atomic mass is 9.95. The summed E-state index contributed by atoms with van der Waals surface area (Å²) in [7, 11) is -3.08. The Morgan fingerprint density at radius 2 is 1.80 bits per heavy atom. The van der Waals surface area contributed by atoms with Gasteiger partial charge in [-0.2, -0.15) is 4.31 Å². The Balaban J connectivity index is 1.70. The number of carbonyl (C=O) groups excluding carboxylic acids is 1. The van der Waals surface area contributed by atoms with Gasteiger partial charge in [0.25, 0.3) is 5.91 Å². The van der Waals surface area contributed by atoms with Crippen molar-refractivity contribution in [1.29, 1.82) is 0 Å². The van der Waals surface area contributed by atoms with E-state index in [1.165, 1.54) is 34.7 Å². The van der Waals surface area contributed by atoms with Gasteiger partial charge in [0.1, 0.15) is 0 Å². The third-order valence-electron chi connectivity index (χ3n) is 4.28. The smallest absolute Gasteiger partial charge is 0.275 e. The number of quaternary nitrogens is 1. The van der Waals surface area contributed by atoms with Crippen LogP contribution in [0.1, 0.15) is 32.1 Å². The fourth-order valence-corrected chi connectivity index (χ4v) is 3.91. The highest BCUT2D eigenvalue weighted by Crippen LogP contribution is 2.16. The number of hydrogen-bond donors (Lipinski definition) is 2. The maximum atomic E-state index is 12.0. The van der Waals surface area contributed by atoms with Crippen LogP contribution in [-0.4, -0.2) is 63.7 Å². The summed E-state index contributed by atoms with van der Waals surface area (Å²) in [6, 6.07) is 0.355. The molecule has 1 heterocycles. The molecule has 1 saturated carbocycles. The number of piperazine rings is 1. The SMILES string of the molecule is CS(=O)(=O)N1CC[NH+](CC(=O)NC2CCCCC2)CC1. The van der Waals surface area contributed by atoms with E-state index in [9.17, 15) is 13.2 Å². The molecule has 0 unspecified atom stereocenters. The molecule has 2 rings (SSSR count). The van der Waals surface area contributed by atoms with Crippen molar-refractivity contribution in [1.82, 2.24) is 9.62 Å². The van der Waals surface area contributed by atoms with Crippen molar-refractivity contribution >= 4 is 15.9 Å². The molecular weight excluding hydrogens is 278 g/mol. The van der Waals surface area contributed by atoms with Gasteiger partial charge in [0.2, 0.25) is 10.0 Å². The van der Waals surface area contributed by atoms with Gasteiger partial charge in [-0.1, -0.05) is 19.3 Å². The van der Waals surface area contributed by atoms with Crippen molar-refractivity contribution in [2.24, 2.45) is 0 Å². The van der Waals surface area contributed by atoms with Crippen LogP contribution in [0.2, 0.25) is 0 Å². The van der Waals surface area contributed by atoms with Crippen LogP contribution >= 0.6 is 0 Å². The standard InChI is InChI=1S/C13H25N3O3S/c1-20(18,19)16-9-7-15(8-10-16)11-13(17)14-12-5-3-2-4-6-12/h12H,2-11H2,1H3,(H,14,17)/p+1. The molecule has 0 spiro atoms. The summed E-state index contributed by atoms with van der Waals surface area (Å²) in [5.74, 6) is 0.111. The molecule has 0 radical (unpaired) electrons. The molecule has 0 aromatic heterocycles. The molecule has 1 saturated heterocycles. The number of amides is 1. The Kier molecular flexibility index (Phi) is 5.40. The van der Waals surface area contributed by atoms with Crippen molar-refractivity contribution in [2.75, 3.05) is 39.0 Å². The van der Waals surface area contributed by atoms with E-state index in [0.29, 0.717) is 38.8 Å². The summed E-state index contributed by atoms with van der Waals surface area (Å²) in [6.45, 7) is 2.93. The third kappa shape index (κ3) is 4.71. The highest BCUT2D eigenvalue weighted by Gasteiger charge is 2.27. The molecule has 1 aliphatic heterocycles. The summed E-state index contributed by atoms with van der Waals surface area (Å²) in [4.78, 5) is 13.2. The van der Waals surface area contributed by atoms with E-state index in [1.54, 1.807) is 0 Å². The first kappa shape index (κ1) is 15.7. The van der Waals surface area contributed by atoms with Crippen LogP contribution < -0.4 is 10.2 Å². The molecule has 20 heavy (non-hydrogen) atoms. The van der Waals surface area contributed by atoms with Crippen LogP contribution in [0, 0.1) is 0 Å². The van der Waals surface area contributed by atoms with E-state index < -0.39 is 10.0 Å². The predicted molar refractivity (Wildman–Crippen MR) is 77.0 cm³/mol. The Morgan fingerprint density at radius 1 is 1.20 bits per heavy atom. The topological polar surface area (TPSA) is 70.9 Å². The van der Waals surface area contributed by atoms with E-state index in [2.05, 4.69) is 5.32 Å². The molecule has 1 aliphatic carbocycles. The van der Waals surface area contributed by atoms with Gasteiger partial charge in [0, 0.05) is 6.04 Å². The van der Waals surface area contributed by atoms with Gasteiger partial charge in [0.15, 0.2) is 6.54 Å². The molecule has 116 valence electrons. The van der Waals surface area contributed by atoms with Crippen molar-refractivity contribution in [3.05, 3.63) is 0 Å². The first-order valence-electron chi connectivity index (χ1n) is 7.53. The van der Waals surface area contributed by atoms with Crippen molar-refractivity contribution in [3.63, 3.8) is 0 Å². The highest BCUT2D eigenvalue weighted by atomic mass is 32.2.